The van der Waals surface area contributed by atoms with Crippen LogP contribution in [-0.2, 0) is 11.2 Å². The first-order valence-electron chi connectivity index (χ1n) is 7.98. The number of hydrogen-bond acceptors (Lipinski definition) is 6. The van der Waals surface area contributed by atoms with Crippen LogP contribution in [0.2, 0.25) is 0 Å². The summed E-state index contributed by atoms with van der Waals surface area (Å²) in [5, 5.41) is 9.73. The standard InChI is InChI=1S/C17H15F3N4O2S/c1-10-4-5-12(27-10)16-24-23-14(26-16)7-6-13(25)22-15(17(18,19)20)11-3-2-8-21-9-11/h2-5,8-9,15H,6-7H2,1H3,(H,22,25). The van der Waals surface area contributed by atoms with Crippen LogP contribution in [0.3, 0.4) is 0 Å². The van der Waals surface area contributed by atoms with Gasteiger partial charge in [-0.05, 0) is 25.1 Å². The zero-order chi connectivity index (χ0) is 19.4. The van der Waals surface area contributed by atoms with Crippen LogP contribution in [0.15, 0.2) is 41.1 Å². The van der Waals surface area contributed by atoms with Crippen LogP contribution in [0.25, 0.3) is 10.8 Å². The Labute approximate surface area is 156 Å². The number of alkyl halides is 3. The second-order valence-corrected chi connectivity index (χ2v) is 7.03. The van der Waals surface area contributed by atoms with Crippen molar-refractivity contribution in [3.05, 3.63) is 53.0 Å². The highest BCUT2D eigenvalue weighted by atomic mass is 32.1. The molecular formula is C17H15F3N4O2S. The van der Waals surface area contributed by atoms with Crippen LogP contribution >= 0.6 is 11.3 Å². The van der Waals surface area contributed by atoms with Crippen molar-refractivity contribution in [3.63, 3.8) is 0 Å². The minimum absolute atomic E-state index is 0.0425. The lowest BCUT2D eigenvalue weighted by Crippen LogP contribution is -2.38. The lowest BCUT2D eigenvalue weighted by molar-refractivity contribution is -0.163. The van der Waals surface area contributed by atoms with Crippen molar-refractivity contribution in [3.8, 4) is 10.8 Å². The predicted molar refractivity (Wildman–Crippen MR) is 91.8 cm³/mol. The van der Waals surface area contributed by atoms with E-state index in [2.05, 4.69) is 15.2 Å². The fourth-order valence-corrected chi connectivity index (χ4v) is 3.15. The Morgan fingerprint density at radius 1 is 1.30 bits per heavy atom. The number of halogens is 3. The molecule has 6 nitrogen and oxygen atoms in total. The van der Waals surface area contributed by atoms with Gasteiger partial charge in [0.1, 0.15) is 0 Å². The molecule has 142 valence electrons. The highest BCUT2D eigenvalue weighted by molar-refractivity contribution is 7.15. The van der Waals surface area contributed by atoms with Gasteiger partial charge in [-0.3, -0.25) is 9.78 Å². The molecule has 1 amide bonds. The molecule has 0 saturated carbocycles. The molecule has 10 heteroatoms. The summed E-state index contributed by atoms with van der Waals surface area (Å²) in [5.41, 5.74) is -0.133. The molecule has 3 rings (SSSR count). The summed E-state index contributed by atoms with van der Waals surface area (Å²) in [4.78, 5) is 17.6. The highest BCUT2D eigenvalue weighted by Gasteiger charge is 2.41. The third kappa shape index (κ3) is 4.91. The number of thiophene rings is 1. The third-order valence-electron chi connectivity index (χ3n) is 3.63. The number of nitrogens with one attached hydrogen (secondary N) is 1. The van der Waals surface area contributed by atoms with Gasteiger partial charge in [0.15, 0.2) is 6.04 Å². The van der Waals surface area contributed by atoms with E-state index in [1.807, 2.05) is 24.4 Å². The molecule has 0 aliphatic heterocycles. The molecule has 3 heterocycles. The van der Waals surface area contributed by atoms with Crippen LogP contribution in [-0.4, -0.2) is 27.3 Å². The van der Waals surface area contributed by atoms with Gasteiger partial charge in [-0.25, -0.2) is 0 Å². The molecule has 1 atom stereocenters. The molecule has 3 aromatic heterocycles. The zero-order valence-corrected chi connectivity index (χ0v) is 15.0. The third-order valence-corrected chi connectivity index (χ3v) is 4.62. The molecule has 0 bridgehead atoms. The molecular weight excluding hydrogens is 381 g/mol. The number of aryl methyl sites for hydroxylation is 2. The molecule has 0 radical (unpaired) electrons. The Hall–Kier alpha value is -2.75. The van der Waals surface area contributed by atoms with Gasteiger partial charge >= 0.3 is 6.18 Å². The van der Waals surface area contributed by atoms with Gasteiger partial charge in [0.05, 0.1) is 4.88 Å². The number of carbonyl (C=O) groups is 1. The van der Waals surface area contributed by atoms with Crippen molar-refractivity contribution in [2.45, 2.75) is 32.0 Å². The Bertz CT molecular complexity index is 908. The average Bonchev–Trinajstić information content (AvgIpc) is 3.26. The van der Waals surface area contributed by atoms with E-state index in [4.69, 9.17) is 4.42 Å². The summed E-state index contributed by atoms with van der Waals surface area (Å²) >= 11 is 1.48. The summed E-state index contributed by atoms with van der Waals surface area (Å²) < 4.78 is 45.2. The SMILES string of the molecule is Cc1ccc(-c2nnc(CCC(=O)NC(c3cccnc3)C(F)(F)F)o2)s1. The van der Waals surface area contributed by atoms with Gasteiger partial charge in [0.2, 0.25) is 11.8 Å². The first kappa shape index (κ1) is 19.0. The summed E-state index contributed by atoms with van der Waals surface area (Å²) in [6.07, 6.45) is -2.36. The summed E-state index contributed by atoms with van der Waals surface area (Å²) in [7, 11) is 0. The maximum absolute atomic E-state index is 13.2. The van der Waals surface area contributed by atoms with Crippen LogP contribution in [0, 0.1) is 6.92 Å². The largest absolute Gasteiger partial charge is 0.420 e. The second-order valence-electron chi connectivity index (χ2n) is 5.74. The van der Waals surface area contributed by atoms with E-state index >= 15 is 0 Å². The quantitative estimate of drug-likeness (QED) is 0.684. The molecule has 3 aromatic rings. The van der Waals surface area contributed by atoms with E-state index in [1.165, 1.54) is 29.7 Å². The van der Waals surface area contributed by atoms with E-state index in [-0.39, 0.29) is 24.3 Å². The van der Waals surface area contributed by atoms with E-state index < -0.39 is 18.1 Å². The van der Waals surface area contributed by atoms with Gasteiger partial charge in [-0.2, -0.15) is 13.2 Å². The summed E-state index contributed by atoms with van der Waals surface area (Å²) in [5.74, 6) is -0.254. The van der Waals surface area contributed by atoms with E-state index in [0.717, 1.165) is 16.0 Å². The van der Waals surface area contributed by atoms with Crippen molar-refractivity contribution in [2.75, 3.05) is 0 Å². The summed E-state index contributed by atoms with van der Waals surface area (Å²) in [6, 6.07) is 4.27. The topological polar surface area (TPSA) is 80.9 Å². The molecule has 0 aliphatic rings. The first-order valence-corrected chi connectivity index (χ1v) is 8.80. The average molecular weight is 396 g/mol. The van der Waals surface area contributed by atoms with Crippen LogP contribution < -0.4 is 5.32 Å². The Morgan fingerprint density at radius 3 is 2.74 bits per heavy atom. The van der Waals surface area contributed by atoms with Crippen molar-refractivity contribution >= 4 is 17.2 Å². The highest BCUT2D eigenvalue weighted by Crippen LogP contribution is 2.32. The number of amides is 1. The minimum atomic E-state index is -4.63. The summed E-state index contributed by atoms with van der Waals surface area (Å²) in [6.45, 7) is 1.94. The molecule has 0 aromatic carbocycles. The number of nitrogens with zero attached hydrogens (tertiary/aromatic N) is 3. The Kier molecular flexibility index (Phi) is 5.54. The number of pyridine rings is 1. The zero-order valence-electron chi connectivity index (χ0n) is 14.2. The Balaban J connectivity index is 1.61. The number of carbonyl (C=O) groups excluding carboxylic acids is 1. The number of aromatic nitrogens is 3. The van der Waals surface area contributed by atoms with Crippen LogP contribution in [0.1, 0.15) is 28.8 Å². The molecule has 0 fully saturated rings. The fraction of sp³-hybridized carbons (Fsp3) is 0.294. The maximum atomic E-state index is 13.2. The van der Waals surface area contributed by atoms with E-state index in [9.17, 15) is 18.0 Å². The second kappa shape index (κ2) is 7.87. The number of hydrogen-bond donors (Lipinski definition) is 1. The van der Waals surface area contributed by atoms with Gasteiger partial charge in [-0.1, -0.05) is 6.07 Å². The van der Waals surface area contributed by atoms with Gasteiger partial charge < -0.3 is 9.73 Å². The van der Waals surface area contributed by atoms with Gasteiger partial charge in [0.25, 0.3) is 5.89 Å². The fourth-order valence-electron chi connectivity index (χ4n) is 2.36. The predicted octanol–water partition coefficient (Wildman–Crippen LogP) is 3.85. The molecule has 1 N–H and O–H groups in total. The smallest absolute Gasteiger partial charge is 0.412 e. The monoisotopic (exact) mass is 396 g/mol. The molecule has 0 spiro atoms. The normalized spacial score (nSPS) is 12.7. The van der Waals surface area contributed by atoms with Crippen LogP contribution in [0.4, 0.5) is 13.2 Å². The van der Waals surface area contributed by atoms with Crippen LogP contribution in [0.5, 0.6) is 0 Å². The Morgan fingerprint density at radius 2 is 2.11 bits per heavy atom. The first-order chi connectivity index (χ1) is 12.8. The maximum Gasteiger partial charge on any atom is 0.412 e. The van der Waals surface area contributed by atoms with Crippen molar-refractivity contribution < 1.29 is 22.4 Å². The van der Waals surface area contributed by atoms with Gasteiger partial charge in [0, 0.05) is 35.7 Å². The van der Waals surface area contributed by atoms with Crippen molar-refractivity contribution in [2.24, 2.45) is 0 Å². The minimum Gasteiger partial charge on any atom is -0.420 e. The molecule has 0 saturated heterocycles. The molecule has 27 heavy (non-hydrogen) atoms. The lowest BCUT2D eigenvalue weighted by atomic mass is 10.1. The molecule has 1 unspecified atom stereocenters. The van der Waals surface area contributed by atoms with E-state index in [1.54, 1.807) is 0 Å². The molecule has 0 aliphatic carbocycles. The van der Waals surface area contributed by atoms with Crippen molar-refractivity contribution in [1.29, 1.82) is 0 Å². The number of rotatable bonds is 6. The van der Waals surface area contributed by atoms with E-state index in [0.29, 0.717) is 5.89 Å². The van der Waals surface area contributed by atoms with Gasteiger partial charge in [-0.15, -0.1) is 21.5 Å². The lowest BCUT2D eigenvalue weighted by Gasteiger charge is -2.21. The van der Waals surface area contributed by atoms with Crippen molar-refractivity contribution in [1.82, 2.24) is 20.5 Å².